The molecular formula is C18H18O2. The van der Waals surface area contributed by atoms with Gasteiger partial charge in [0.2, 0.25) is 0 Å². The Balaban J connectivity index is 2.01. The lowest BCUT2D eigenvalue weighted by atomic mass is 10.1. The van der Waals surface area contributed by atoms with Gasteiger partial charge in [-0.3, -0.25) is 4.79 Å². The third-order valence-electron chi connectivity index (χ3n) is 3.02. The lowest BCUT2D eigenvalue weighted by molar-refractivity contribution is -0.148. The number of ether oxygens (including phenoxy) is 1. The quantitative estimate of drug-likeness (QED) is 0.581. The van der Waals surface area contributed by atoms with Gasteiger partial charge in [0, 0.05) is 6.42 Å². The molecule has 0 saturated carbocycles. The van der Waals surface area contributed by atoms with Crippen LogP contribution in [0.25, 0.3) is 0 Å². The van der Waals surface area contributed by atoms with E-state index in [9.17, 15) is 4.79 Å². The summed E-state index contributed by atoms with van der Waals surface area (Å²) in [5.41, 5.74) is 1.96. The average Bonchev–Trinajstić information content (AvgIpc) is 2.49. The second kappa shape index (κ2) is 7.29. The lowest BCUT2D eigenvalue weighted by Gasteiger charge is -2.16. The smallest absolute Gasteiger partial charge is 0.310 e. The van der Waals surface area contributed by atoms with Gasteiger partial charge in [-0.25, -0.2) is 0 Å². The first kappa shape index (κ1) is 14.1. The molecule has 0 heterocycles. The minimum Gasteiger partial charge on any atom is -0.457 e. The van der Waals surface area contributed by atoms with Crippen LogP contribution in [-0.2, 0) is 16.0 Å². The molecule has 0 fully saturated rings. The van der Waals surface area contributed by atoms with Crippen LogP contribution in [0, 0.1) is 0 Å². The summed E-state index contributed by atoms with van der Waals surface area (Å²) < 4.78 is 5.57. The summed E-state index contributed by atoms with van der Waals surface area (Å²) in [5, 5.41) is 0. The minimum absolute atomic E-state index is 0.216. The topological polar surface area (TPSA) is 26.3 Å². The van der Waals surface area contributed by atoms with Crippen molar-refractivity contribution in [3.63, 3.8) is 0 Å². The summed E-state index contributed by atoms with van der Waals surface area (Å²) in [5.74, 6) is -0.216. The Kier molecular flexibility index (Phi) is 5.13. The Labute approximate surface area is 119 Å². The highest BCUT2D eigenvalue weighted by Crippen LogP contribution is 2.22. The second-order valence-electron chi connectivity index (χ2n) is 4.58. The van der Waals surface area contributed by atoms with Crippen LogP contribution >= 0.6 is 0 Å². The fraction of sp³-hybridized carbons (Fsp3) is 0.167. The zero-order chi connectivity index (χ0) is 14.2. The van der Waals surface area contributed by atoms with Crippen molar-refractivity contribution in [3.05, 3.63) is 84.4 Å². The fourth-order valence-electron chi connectivity index (χ4n) is 2.03. The number of hydrogen-bond donors (Lipinski definition) is 0. The second-order valence-corrected chi connectivity index (χ2v) is 4.58. The van der Waals surface area contributed by atoms with E-state index in [1.54, 1.807) is 6.08 Å². The molecule has 0 aliphatic heterocycles. The van der Waals surface area contributed by atoms with Gasteiger partial charge in [-0.2, -0.15) is 0 Å². The van der Waals surface area contributed by atoms with Gasteiger partial charge in [0.25, 0.3) is 0 Å². The van der Waals surface area contributed by atoms with Crippen LogP contribution in [0.3, 0.4) is 0 Å². The van der Waals surface area contributed by atoms with Gasteiger partial charge < -0.3 is 4.74 Å². The summed E-state index contributed by atoms with van der Waals surface area (Å²) in [6.45, 7) is 3.73. The maximum absolute atomic E-state index is 12.0. The van der Waals surface area contributed by atoms with Crippen LogP contribution in [0.1, 0.15) is 23.7 Å². The summed E-state index contributed by atoms with van der Waals surface area (Å²) in [6.07, 6.45) is 2.42. The Morgan fingerprint density at radius 2 is 1.65 bits per heavy atom. The van der Waals surface area contributed by atoms with E-state index in [2.05, 4.69) is 6.58 Å². The van der Waals surface area contributed by atoms with E-state index in [1.807, 2.05) is 60.7 Å². The van der Waals surface area contributed by atoms with Crippen LogP contribution in [-0.4, -0.2) is 5.97 Å². The summed E-state index contributed by atoms with van der Waals surface area (Å²) >= 11 is 0. The molecule has 2 nitrogen and oxygen atoms in total. The molecule has 20 heavy (non-hydrogen) atoms. The van der Waals surface area contributed by atoms with Crippen molar-refractivity contribution in [3.8, 4) is 0 Å². The molecule has 1 unspecified atom stereocenters. The van der Waals surface area contributed by atoms with E-state index in [-0.39, 0.29) is 12.1 Å². The zero-order valence-corrected chi connectivity index (χ0v) is 11.4. The van der Waals surface area contributed by atoms with Crippen LogP contribution < -0.4 is 0 Å². The molecule has 2 aromatic carbocycles. The van der Waals surface area contributed by atoms with Crippen molar-refractivity contribution < 1.29 is 9.53 Å². The zero-order valence-electron chi connectivity index (χ0n) is 11.4. The predicted molar refractivity (Wildman–Crippen MR) is 80.2 cm³/mol. The van der Waals surface area contributed by atoms with E-state index < -0.39 is 0 Å². The highest BCUT2D eigenvalue weighted by Gasteiger charge is 2.15. The van der Waals surface area contributed by atoms with Crippen molar-refractivity contribution in [2.24, 2.45) is 0 Å². The van der Waals surface area contributed by atoms with Crippen molar-refractivity contribution in [2.45, 2.75) is 18.9 Å². The molecule has 1 atom stereocenters. The molecule has 0 aromatic heterocycles. The van der Waals surface area contributed by atoms with Crippen LogP contribution in [0.15, 0.2) is 73.3 Å². The molecule has 0 aliphatic rings. The Hall–Kier alpha value is -2.35. The largest absolute Gasteiger partial charge is 0.457 e. The Morgan fingerprint density at radius 1 is 1.05 bits per heavy atom. The Morgan fingerprint density at radius 3 is 2.25 bits per heavy atom. The van der Waals surface area contributed by atoms with Crippen molar-refractivity contribution in [1.82, 2.24) is 0 Å². The SMILES string of the molecule is C=CCC(OC(=O)Cc1ccccc1)c1ccccc1. The standard InChI is InChI=1S/C18H18O2/c1-2-9-17(16-12-7-4-8-13-16)20-18(19)14-15-10-5-3-6-11-15/h2-8,10-13,17H,1,9,14H2. The third kappa shape index (κ3) is 4.09. The van der Waals surface area contributed by atoms with Gasteiger partial charge in [0.1, 0.15) is 6.10 Å². The maximum atomic E-state index is 12.0. The molecule has 2 rings (SSSR count). The van der Waals surface area contributed by atoms with E-state index in [4.69, 9.17) is 4.74 Å². The van der Waals surface area contributed by atoms with E-state index >= 15 is 0 Å². The minimum atomic E-state index is -0.259. The number of rotatable bonds is 6. The first-order valence-corrected chi connectivity index (χ1v) is 6.69. The molecule has 0 spiro atoms. The van der Waals surface area contributed by atoms with Crippen LogP contribution in [0.4, 0.5) is 0 Å². The summed E-state index contributed by atoms with van der Waals surface area (Å²) in [7, 11) is 0. The number of benzene rings is 2. The number of carbonyl (C=O) groups is 1. The predicted octanol–water partition coefficient (Wildman–Crippen LogP) is 4.09. The molecule has 102 valence electrons. The third-order valence-corrected chi connectivity index (χ3v) is 3.02. The van der Waals surface area contributed by atoms with Gasteiger partial charge in [-0.1, -0.05) is 66.7 Å². The normalized spacial score (nSPS) is 11.6. The van der Waals surface area contributed by atoms with E-state index in [1.165, 1.54) is 0 Å². The van der Waals surface area contributed by atoms with E-state index in [0.29, 0.717) is 12.8 Å². The monoisotopic (exact) mass is 266 g/mol. The highest BCUT2D eigenvalue weighted by atomic mass is 16.5. The number of carbonyl (C=O) groups excluding carboxylic acids is 1. The average molecular weight is 266 g/mol. The summed E-state index contributed by atoms with van der Waals surface area (Å²) in [4.78, 5) is 12.0. The first-order chi connectivity index (χ1) is 9.79. The molecular weight excluding hydrogens is 248 g/mol. The Bertz CT molecular complexity index is 546. The number of esters is 1. The van der Waals surface area contributed by atoms with Gasteiger partial charge in [0.05, 0.1) is 6.42 Å². The molecule has 0 N–H and O–H groups in total. The molecule has 0 aliphatic carbocycles. The van der Waals surface area contributed by atoms with Crippen molar-refractivity contribution in [1.29, 1.82) is 0 Å². The first-order valence-electron chi connectivity index (χ1n) is 6.69. The van der Waals surface area contributed by atoms with Crippen LogP contribution in [0.5, 0.6) is 0 Å². The van der Waals surface area contributed by atoms with Crippen molar-refractivity contribution in [2.75, 3.05) is 0 Å². The molecule has 0 saturated heterocycles. The molecule has 2 aromatic rings. The molecule has 0 bridgehead atoms. The highest BCUT2D eigenvalue weighted by molar-refractivity contribution is 5.72. The fourth-order valence-corrected chi connectivity index (χ4v) is 2.03. The maximum Gasteiger partial charge on any atom is 0.310 e. The van der Waals surface area contributed by atoms with Gasteiger partial charge in [-0.05, 0) is 11.1 Å². The molecule has 2 heteroatoms. The number of hydrogen-bond acceptors (Lipinski definition) is 2. The van der Waals surface area contributed by atoms with Gasteiger partial charge >= 0.3 is 5.97 Å². The van der Waals surface area contributed by atoms with Gasteiger partial charge in [0.15, 0.2) is 0 Å². The molecule has 0 radical (unpaired) electrons. The lowest BCUT2D eigenvalue weighted by Crippen LogP contribution is -2.13. The summed E-state index contributed by atoms with van der Waals surface area (Å²) in [6, 6.07) is 19.4. The van der Waals surface area contributed by atoms with Crippen molar-refractivity contribution >= 4 is 5.97 Å². The van der Waals surface area contributed by atoms with Crippen LogP contribution in [0.2, 0.25) is 0 Å². The van der Waals surface area contributed by atoms with Gasteiger partial charge in [-0.15, -0.1) is 6.58 Å². The van der Waals surface area contributed by atoms with E-state index in [0.717, 1.165) is 11.1 Å². The molecule has 0 amide bonds.